The van der Waals surface area contributed by atoms with Crippen LogP contribution >= 0.6 is 15.9 Å². The minimum Gasteiger partial charge on any atom is -0.332 e. The van der Waals surface area contributed by atoms with Crippen LogP contribution in [0.25, 0.3) is 0 Å². The van der Waals surface area contributed by atoms with Gasteiger partial charge in [-0.1, -0.05) is 29.8 Å². The number of likely N-dealkylation sites (tertiary alicyclic amines) is 1. The maximum atomic E-state index is 12.7. The minimum absolute atomic E-state index is 0.0619. The van der Waals surface area contributed by atoms with Gasteiger partial charge in [-0.3, -0.25) is 9.78 Å². The van der Waals surface area contributed by atoms with Crippen molar-refractivity contribution in [1.82, 2.24) is 9.88 Å². The summed E-state index contributed by atoms with van der Waals surface area (Å²) in [6.45, 7) is 2.89. The fourth-order valence-corrected chi connectivity index (χ4v) is 3.20. The highest BCUT2D eigenvalue weighted by molar-refractivity contribution is 9.10. The van der Waals surface area contributed by atoms with Crippen LogP contribution in [0.4, 0.5) is 0 Å². The van der Waals surface area contributed by atoms with Crippen LogP contribution in [0.2, 0.25) is 0 Å². The number of halogens is 1. The van der Waals surface area contributed by atoms with E-state index in [-0.39, 0.29) is 11.9 Å². The summed E-state index contributed by atoms with van der Waals surface area (Å²) in [6, 6.07) is 10.5. The molecule has 0 spiro atoms. The van der Waals surface area contributed by atoms with Crippen molar-refractivity contribution in [3.63, 3.8) is 0 Å². The number of benzene rings is 1. The SMILES string of the molecule is Cc1ccc(C2CCCN2C(=O)c2cncc(Br)c2)cc1. The molecule has 108 valence electrons. The molecule has 21 heavy (non-hydrogen) atoms. The van der Waals surface area contributed by atoms with Gasteiger partial charge in [-0.25, -0.2) is 0 Å². The second-order valence-corrected chi connectivity index (χ2v) is 6.37. The predicted molar refractivity (Wildman–Crippen MR) is 86.1 cm³/mol. The summed E-state index contributed by atoms with van der Waals surface area (Å²) in [7, 11) is 0. The number of pyridine rings is 1. The number of hydrogen-bond acceptors (Lipinski definition) is 2. The Hall–Kier alpha value is -1.68. The summed E-state index contributed by atoms with van der Waals surface area (Å²) in [5.41, 5.74) is 3.10. The van der Waals surface area contributed by atoms with E-state index in [1.807, 2.05) is 11.0 Å². The van der Waals surface area contributed by atoms with Crippen LogP contribution in [0, 0.1) is 6.92 Å². The van der Waals surface area contributed by atoms with Crippen LogP contribution in [0.3, 0.4) is 0 Å². The van der Waals surface area contributed by atoms with E-state index in [1.165, 1.54) is 11.1 Å². The van der Waals surface area contributed by atoms with Crippen LogP contribution in [0.5, 0.6) is 0 Å². The maximum absolute atomic E-state index is 12.7. The van der Waals surface area contributed by atoms with Gasteiger partial charge in [0.1, 0.15) is 0 Å². The molecule has 2 aromatic rings. The summed E-state index contributed by atoms with van der Waals surface area (Å²) in [5, 5.41) is 0. The lowest BCUT2D eigenvalue weighted by molar-refractivity contribution is 0.0735. The summed E-state index contributed by atoms with van der Waals surface area (Å²) in [5.74, 6) is 0.0619. The van der Waals surface area contributed by atoms with E-state index in [1.54, 1.807) is 12.4 Å². The van der Waals surface area contributed by atoms with Gasteiger partial charge in [0, 0.05) is 23.4 Å². The number of nitrogens with zero attached hydrogens (tertiary/aromatic N) is 2. The Kier molecular flexibility index (Phi) is 4.06. The Bertz CT molecular complexity index is 654. The zero-order chi connectivity index (χ0) is 14.8. The topological polar surface area (TPSA) is 33.2 Å². The fraction of sp³-hybridized carbons (Fsp3) is 0.294. The van der Waals surface area contributed by atoms with Crippen molar-refractivity contribution >= 4 is 21.8 Å². The van der Waals surface area contributed by atoms with E-state index >= 15 is 0 Å². The van der Waals surface area contributed by atoms with E-state index in [2.05, 4.69) is 52.1 Å². The van der Waals surface area contributed by atoms with Crippen molar-refractivity contribution in [2.75, 3.05) is 6.54 Å². The molecular formula is C17H17BrN2O. The highest BCUT2D eigenvalue weighted by Crippen LogP contribution is 2.33. The molecule has 4 heteroatoms. The molecule has 0 aliphatic carbocycles. The Morgan fingerprint density at radius 3 is 2.76 bits per heavy atom. The molecule has 0 N–H and O–H groups in total. The maximum Gasteiger partial charge on any atom is 0.255 e. The Labute approximate surface area is 133 Å². The molecule has 1 aliphatic rings. The summed E-state index contributed by atoms with van der Waals surface area (Å²) < 4.78 is 0.833. The first-order valence-electron chi connectivity index (χ1n) is 7.13. The molecule has 1 fully saturated rings. The average molecular weight is 345 g/mol. The molecule has 1 atom stereocenters. The van der Waals surface area contributed by atoms with Crippen molar-refractivity contribution < 1.29 is 4.79 Å². The van der Waals surface area contributed by atoms with Gasteiger partial charge in [0.15, 0.2) is 0 Å². The van der Waals surface area contributed by atoms with Crippen molar-refractivity contribution in [3.05, 3.63) is 63.9 Å². The molecule has 3 rings (SSSR count). The quantitative estimate of drug-likeness (QED) is 0.820. The van der Waals surface area contributed by atoms with Gasteiger partial charge >= 0.3 is 0 Å². The third-order valence-corrected chi connectivity index (χ3v) is 4.36. The minimum atomic E-state index is 0.0619. The van der Waals surface area contributed by atoms with Crippen LogP contribution in [0.15, 0.2) is 47.2 Å². The monoisotopic (exact) mass is 344 g/mol. The van der Waals surface area contributed by atoms with Crippen LogP contribution in [-0.4, -0.2) is 22.3 Å². The largest absolute Gasteiger partial charge is 0.332 e. The smallest absolute Gasteiger partial charge is 0.255 e. The second kappa shape index (κ2) is 5.98. The lowest BCUT2D eigenvalue weighted by Crippen LogP contribution is -2.30. The fourth-order valence-electron chi connectivity index (χ4n) is 2.84. The van der Waals surface area contributed by atoms with Gasteiger partial charge in [-0.2, -0.15) is 0 Å². The van der Waals surface area contributed by atoms with E-state index in [0.29, 0.717) is 5.56 Å². The standard InChI is InChI=1S/C17H17BrN2O/c1-12-4-6-13(7-5-12)16-3-2-8-20(16)17(21)14-9-15(18)11-19-10-14/h4-7,9-11,16H,2-3,8H2,1H3. The Morgan fingerprint density at radius 2 is 2.05 bits per heavy atom. The number of carbonyl (C=O) groups excluding carboxylic acids is 1. The molecule has 0 saturated carbocycles. The summed E-state index contributed by atoms with van der Waals surface area (Å²) in [4.78, 5) is 18.8. The van der Waals surface area contributed by atoms with Gasteiger partial charge in [-0.15, -0.1) is 0 Å². The second-order valence-electron chi connectivity index (χ2n) is 5.46. The first-order valence-corrected chi connectivity index (χ1v) is 7.92. The molecule has 1 aromatic heterocycles. The lowest BCUT2D eigenvalue weighted by Gasteiger charge is -2.25. The van der Waals surface area contributed by atoms with Crippen molar-refractivity contribution in [3.8, 4) is 0 Å². The zero-order valence-corrected chi connectivity index (χ0v) is 13.5. The molecule has 1 aliphatic heterocycles. The Balaban J connectivity index is 1.87. The van der Waals surface area contributed by atoms with Crippen molar-refractivity contribution in [2.45, 2.75) is 25.8 Å². The number of rotatable bonds is 2. The van der Waals surface area contributed by atoms with Gasteiger partial charge in [-0.05, 0) is 47.3 Å². The van der Waals surface area contributed by atoms with E-state index in [4.69, 9.17) is 0 Å². The third kappa shape index (κ3) is 3.00. The number of aryl methyl sites for hydroxylation is 1. The van der Waals surface area contributed by atoms with Gasteiger partial charge in [0.05, 0.1) is 11.6 Å². The van der Waals surface area contributed by atoms with E-state index < -0.39 is 0 Å². The third-order valence-electron chi connectivity index (χ3n) is 3.93. The first-order chi connectivity index (χ1) is 10.1. The summed E-state index contributed by atoms with van der Waals surface area (Å²) in [6.07, 6.45) is 5.40. The van der Waals surface area contributed by atoms with Gasteiger partial charge in [0.2, 0.25) is 0 Å². The van der Waals surface area contributed by atoms with E-state index in [9.17, 15) is 4.79 Å². The van der Waals surface area contributed by atoms with Gasteiger partial charge < -0.3 is 4.90 Å². The molecular weight excluding hydrogens is 328 g/mol. The molecule has 1 amide bonds. The number of hydrogen-bond donors (Lipinski definition) is 0. The van der Waals surface area contributed by atoms with E-state index in [0.717, 1.165) is 23.9 Å². The molecule has 2 heterocycles. The number of carbonyl (C=O) groups is 1. The van der Waals surface area contributed by atoms with Crippen molar-refractivity contribution in [2.24, 2.45) is 0 Å². The van der Waals surface area contributed by atoms with Crippen molar-refractivity contribution in [1.29, 1.82) is 0 Å². The molecule has 1 unspecified atom stereocenters. The predicted octanol–water partition coefficient (Wildman–Crippen LogP) is 4.13. The lowest BCUT2D eigenvalue weighted by atomic mass is 10.0. The zero-order valence-electron chi connectivity index (χ0n) is 11.9. The molecule has 1 aromatic carbocycles. The van der Waals surface area contributed by atoms with Crippen LogP contribution in [-0.2, 0) is 0 Å². The molecule has 3 nitrogen and oxygen atoms in total. The van der Waals surface area contributed by atoms with Gasteiger partial charge in [0.25, 0.3) is 5.91 Å². The highest BCUT2D eigenvalue weighted by Gasteiger charge is 2.30. The van der Waals surface area contributed by atoms with Crippen LogP contribution in [0.1, 0.15) is 40.4 Å². The number of amides is 1. The summed E-state index contributed by atoms with van der Waals surface area (Å²) >= 11 is 3.37. The highest BCUT2D eigenvalue weighted by atomic mass is 79.9. The van der Waals surface area contributed by atoms with Crippen LogP contribution < -0.4 is 0 Å². The number of aromatic nitrogens is 1. The molecule has 1 saturated heterocycles. The Morgan fingerprint density at radius 1 is 1.29 bits per heavy atom. The molecule has 0 radical (unpaired) electrons. The first kappa shape index (κ1) is 14.3. The normalized spacial score (nSPS) is 18.0. The molecule has 0 bridgehead atoms. The average Bonchev–Trinajstić information content (AvgIpc) is 2.96.